The molecular formula is C28H38O6. The molecule has 0 aromatic heterocycles. The van der Waals surface area contributed by atoms with Gasteiger partial charge in [-0.3, -0.25) is 4.79 Å². The first-order chi connectivity index (χ1) is 15.7. The Morgan fingerprint density at radius 2 is 1.79 bits per heavy atom. The van der Waals surface area contributed by atoms with Gasteiger partial charge in [0.2, 0.25) is 0 Å². The molecule has 4 aliphatic carbocycles. The quantitative estimate of drug-likeness (QED) is 0.421. The van der Waals surface area contributed by atoms with Crippen LogP contribution in [0.5, 0.6) is 0 Å². The zero-order valence-electron chi connectivity index (χ0n) is 21.0. The first-order valence-corrected chi connectivity index (χ1v) is 12.7. The Bertz CT molecular complexity index is 1050. The van der Waals surface area contributed by atoms with Gasteiger partial charge in [-0.1, -0.05) is 30.2 Å². The second-order valence-corrected chi connectivity index (χ2v) is 12.2. The van der Waals surface area contributed by atoms with Crippen molar-refractivity contribution in [2.45, 2.75) is 102 Å². The predicted molar refractivity (Wildman–Crippen MR) is 127 cm³/mol. The maximum absolute atomic E-state index is 13.1. The summed E-state index contributed by atoms with van der Waals surface area (Å²) in [5.41, 5.74) is -3.78. The van der Waals surface area contributed by atoms with Crippen LogP contribution in [0.15, 0.2) is 34.9 Å². The van der Waals surface area contributed by atoms with E-state index in [1.54, 1.807) is 19.9 Å². The minimum atomic E-state index is -1.75. The molecule has 0 radical (unpaired) electrons. The molecule has 1 aliphatic heterocycles. The van der Waals surface area contributed by atoms with Crippen molar-refractivity contribution < 1.29 is 29.6 Å². The zero-order chi connectivity index (χ0) is 24.9. The molecule has 0 bridgehead atoms. The summed E-state index contributed by atoms with van der Waals surface area (Å²) in [6, 6.07) is 0. The van der Waals surface area contributed by atoms with Gasteiger partial charge < -0.3 is 20.1 Å². The summed E-state index contributed by atoms with van der Waals surface area (Å²) in [6.07, 6.45) is 8.28. The Morgan fingerprint density at radius 3 is 2.47 bits per heavy atom. The summed E-state index contributed by atoms with van der Waals surface area (Å²) in [4.78, 5) is 25.5. The third-order valence-electron chi connectivity index (χ3n) is 11.1. The first kappa shape index (κ1) is 24.0. The van der Waals surface area contributed by atoms with Crippen molar-refractivity contribution >= 4 is 11.8 Å². The number of carbonyl (C=O) groups is 2. The number of fused-ring (bicyclic) bond motifs is 5. The van der Waals surface area contributed by atoms with Crippen LogP contribution in [0.25, 0.3) is 0 Å². The molecule has 34 heavy (non-hydrogen) atoms. The molecule has 2 fully saturated rings. The van der Waals surface area contributed by atoms with Crippen molar-refractivity contribution in [1.29, 1.82) is 0 Å². The number of cyclic esters (lactones) is 1. The molecule has 8 atom stereocenters. The molecule has 0 spiro atoms. The topological polar surface area (TPSA) is 104 Å². The van der Waals surface area contributed by atoms with Crippen LogP contribution in [-0.2, 0) is 14.3 Å². The van der Waals surface area contributed by atoms with E-state index in [1.165, 1.54) is 0 Å². The highest BCUT2D eigenvalue weighted by Crippen LogP contribution is 2.70. The van der Waals surface area contributed by atoms with Crippen LogP contribution in [0.3, 0.4) is 0 Å². The summed E-state index contributed by atoms with van der Waals surface area (Å²) in [6.45, 7) is 9.01. The molecule has 1 heterocycles. The van der Waals surface area contributed by atoms with Gasteiger partial charge in [-0.05, 0) is 84.1 Å². The highest BCUT2D eigenvalue weighted by atomic mass is 16.6. The number of ketones is 1. The van der Waals surface area contributed by atoms with Gasteiger partial charge in [0.15, 0.2) is 5.78 Å². The lowest BCUT2D eigenvalue weighted by molar-refractivity contribution is -0.279. The Labute approximate surface area is 201 Å². The molecule has 5 aliphatic rings. The molecule has 0 amide bonds. The van der Waals surface area contributed by atoms with E-state index in [4.69, 9.17) is 4.74 Å². The summed E-state index contributed by atoms with van der Waals surface area (Å²) >= 11 is 0. The smallest absolute Gasteiger partial charge is 0.334 e. The normalized spacial score (nSPS) is 47.9. The number of rotatable bonds is 2. The van der Waals surface area contributed by atoms with Gasteiger partial charge in [0.1, 0.15) is 17.3 Å². The van der Waals surface area contributed by atoms with Gasteiger partial charge in [-0.2, -0.15) is 0 Å². The molecular weight excluding hydrogens is 432 g/mol. The minimum absolute atomic E-state index is 0.0179. The summed E-state index contributed by atoms with van der Waals surface area (Å²) in [5.74, 6) is -0.589. The monoisotopic (exact) mass is 470 g/mol. The molecule has 186 valence electrons. The average Bonchev–Trinajstić information content (AvgIpc) is 3.00. The fourth-order valence-electron chi connectivity index (χ4n) is 8.41. The number of allylic oxidation sites excluding steroid dienone is 4. The van der Waals surface area contributed by atoms with Gasteiger partial charge in [0.05, 0.1) is 11.0 Å². The van der Waals surface area contributed by atoms with Crippen molar-refractivity contribution in [1.82, 2.24) is 0 Å². The number of aliphatic hydroxyl groups is 3. The lowest BCUT2D eigenvalue weighted by Gasteiger charge is -2.63. The van der Waals surface area contributed by atoms with E-state index in [9.17, 15) is 24.9 Å². The molecule has 0 aromatic carbocycles. The predicted octanol–water partition coefficient (Wildman–Crippen LogP) is 3.54. The Morgan fingerprint density at radius 1 is 1.09 bits per heavy atom. The zero-order valence-corrected chi connectivity index (χ0v) is 21.0. The van der Waals surface area contributed by atoms with E-state index in [0.717, 1.165) is 17.6 Å². The summed E-state index contributed by atoms with van der Waals surface area (Å²) in [5, 5.41) is 36.5. The van der Waals surface area contributed by atoms with Crippen LogP contribution < -0.4 is 0 Å². The van der Waals surface area contributed by atoms with E-state index in [-0.39, 0.29) is 24.0 Å². The van der Waals surface area contributed by atoms with Crippen LogP contribution in [0.2, 0.25) is 0 Å². The molecule has 0 unspecified atom stereocenters. The number of esters is 1. The van der Waals surface area contributed by atoms with Crippen LogP contribution >= 0.6 is 0 Å². The van der Waals surface area contributed by atoms with Crippen molar-refractivity contribution in [2.24, 2.45) is 22.7 Å². The number of hydrogen-bond donors (Lipinski definition) is 3. The van der Waals surface area contributed by atoms with Crippen molar-refractivity contribution in [2.75, 3.05) is 0 Å². The molecule has 3 N–H and O–H groups in total. The molecule has 2 saturated carbocycles. The molecule has 6 heteroatoms. The van der Waals surface area contributed by atoms with Gasteiger partial charge in [0, 0.05) is 17.4 Å². The Balaban J connectivity index is 1.53. The molecule has 0 aromatic rings. The van der Waals surface area contributed by atoms with Crippen LogP contribution in [0.4, 0.5) is 0 Å². The van der Waals surface area contributed by atoms with Gasteiger partial charge in [0.25, 0.3) is 0 Å². The van der Waals surface area contributed by atoms with Crippen LogP contribution in [0, 0.1) is 22.7 Å². The van der Waals surface area contributed by atoms with Crippen molar-refractivity contribution in [3.63, 3.8) is 0 Å². The van der Waals surface area contributed by atoms with Crippen molar-refractivity contribution in [3.05, 3.63) is 34.9 Å². The Hall–Kier alpha value is -1.76. The van der Waals surface area contributed by atoms with Crippen LogP contribution in [0.1, 0.15) is 79.6 Å². The molecule has 0 saturated heterocycles. The summed E-state index contributed by atoms with van der Waals surface area (Å²) in [7, 11) is 0. The van der Waals surface area contributed by atoms with Gasteiger partial charge >= 0.3 is 5.97 Å². The third-order valence-corrected chi connectivity index (χ3v) is 11.1. The largest absolute Gasteiger partial charge is 0.455 e. The van der Waals surface area contributed by atoms with Crippen LogP contribution in [-0.4, -0.2) is 50.0 Å². The highest BCUT2D eigenvalue weighted by Gasteiger charge is 2.76. The second-order valence-electron chi connectivity index (χ2n) is 12.2. The lowest BCUT2D eigenvalue weighted by Crippen LogP contribution is -2.72. The summed E-state index contributed by atoms with van der Waals surface area (Å²) < 4.78 is 5.63. The number of ether oxygens (including phenoxy) is 1. The van der Waals surface area contributed by atoms with E-state index >= 15 is 0 Å². The number of carbonyl (C=O) groups excluding carboxylic acids is 2. The van der Waals surface area contributed by atoms with Crippen molar-refractivity contribution in [3.8, 4) is 0 Å². The number of hydrogen-bond acceptors (Lipinski definition) is 6. The third kappa shape index (κ3) is 2.63. The lowest BCUT2D eigenvalue weighted by atomic mass is 9.44. The average molecular weight is 471 g/mol. The minimum Gasteiger partial charge on any atom is -0.455 e. The second kappa shape index (κ2) is 7.14. The maximum atomic E-state index is 13.1. The Kier molecular flexibility index (Phi) is 5.03. The van der Waals surface area contributed by atoms with E-state index in [2.05, 4.69) is 6.08 Å². The SMILES string of the molecule is CC1=C(C)C(=O)O[C@H]([C@](C)(O)[C@@]2(O)CC[C@@]3(O)[C@@H]4CC=C5CC=CC(=O)[C@]5(C)[C@@H]4CC[C@]23C)C1. The first-order valence-electron chi connectivity index (χ1n) is 12.7. The molecule has 6 nitrogen and oxygen atoms in total. The van der Waals surface area contributed by atoms with E-state index < -0.39 is 39.7 Å². The molecule has 5 rings (SSSR count). The van der Waals surface area contributed by atoms with E-state index in [0.29, 0.717) is 37.7 Å². The fraction of sp³-hybridized carbons (Fsp3) is 0.714. The fourth-order valence-corrected chi connectivity index (χ4v) is 8.41. The van der Waals surface area contributed by atoms with E-state index in [1.807, 2.05) is 26.8 Å². The van der Waals surface area contributed by atoms with Gasteiger partial charge in [-0.25, -0.2) is 4.79 Å². The highest BCUT2D eigenvalue weighted by molar-refractivity contribution is 5.98. The maximum Gasteiger partial charge on any atom is 0.334 e. The van der Waals surface area contributed by atoms with Gasteiger partial charge in [-0.15, -0.1) is 0 Å². The standard InChI is InChI=1S/C28H38O6/c1-16-15-22(34-23(30)17(16)2)26(5,31)28(33)14-13-27(32)20-10-9-18-7-6-8-21(29)25(18,4)19(20)11-12-24(27,28)3/h6,8-9,19-20,22,31-33H,7,10-15H2,1-5H3/t19-,20-,22+,24+,25+,26+,27-,28-/m1/s1.